The van der Waals surface area contributed by atoms with Gasteiger partial charge in [-0.1, -0.05) is 29.8 Å². The zero-order valence-corrected chi connectivity index (χ0v) is 17.9. The molecule has 3 rings (SSSR count). The highest BCUT2D eigenvalue weighted by Crippen LogP contribution is 2.43. The SMILES string of the molecule is CCOC(=O)C1=C(C)NC(SCc2ccc(Cl)cc2)=C(C#N)[C@H]1c1cccs1. The highest BCUT2D eigenvalue weighted by atomic mass is 35.5. The van der Waals surface area contributed by atoms with Gasteiger partial charge in [0.1, 0.15) is 0 Å². The van der Waals surface area contributed by atoms with E-state index in [0.717, 1.165) is 21.2 Å². The number of thioether (sulfide) groups is 1. The van der Waals surface area contributed by atoms with Crippen LogP contribution in [-0.2, 0) is 15.3 Å². The molecule has 2 aromatic rings. The molecular formula is C21H19ClN2O2S2. The number of hydrogen-bond acceptors (Lipinski definition) is 6. The Morgan fingerprint density at radius 2 is 2.11 bits per heavy atom. The number of rotatable bonds is 6. The number of nitriles is 1. The van der Waals surface area contributed by atoms with Crippen LogP contribution in [0.3, 0.4) is 0 Å². The summed E-state index contributed by atoms with van der Waals surface area (Å²) in [7, 11) is 0. The van der Waals surface area contributed by atoms with E-state index in [1.165, 1.54) is 11.3 Å². The van der Waals surface area contributed by atoms with Crippen LogP contribution in [0.15, 0.2) is 63.7 Å². The molecular weight excluding hydrogens is 412 g/mol. The van der Waals surface area contributed by atoms with Gasteiger partial charge in [-0.3, -0.25) is 0 Å². The standard InChI is InChI=1S/C21H19ClN2O2S2/c1-3-26-21(25)18-13(2)24-20(28-12-14-6-8-15(22)9-7-14)16(11-23)19(18)17-5-4-10-27-17/h4-10,19,24H,3,12H2,1-2H3/t19-/m0/s1. The second-order valence-electron chi connectivity index (χ2n) is 6.10. The smallest absolute Gasteiger partial charge is 0.336 e. The van der Waals surface area contributed by atoms with Crippen molar-refractivity contribution in [2.45, 2.75) is 25.5 Å². The topological polar surface area (TPSA) is 62.1 Å². The molecule has 0 aliphatic carbocycles. The summed E-state index contributed by atoms with van der Waals surface area (Å²) in [5, 5.41) is 16.6. The molecule has 1 aliphatic rings. The maximum absolute atomic E-state index is 12.6. The van der Waals surface area contributed by atoms with Crippen LogP contribution in [0.5, 0.6) is 0 Å². The average molecular weight is 431 g/mol. The van der Waals surface area contributed by atoms with E-state index in [1.54, 1.807) is 18.7 Å². The molecule has 1 aromatic carbocycles. The number of thiophene rings is 1. The predicted octanol–water partition coefficient (Wildman–Crippen LogP) is 5.59. The Hall–Kier alpha value is -2.20. The second kappa shape index (κ2) is 9.33. The first-order valence-corrected chi connectivity index (χ1v) is 11.0. The van der Waals surface area contributed by atoms with E-state index in [1.807, 2.05) is 48.7 Å². The van der Waals surface area contributed by atoms with Crippen LogP contribution in [-0.4, -0.2) is 12.6 Å². The van der Waals surface area contributed by atoms with Crippen LogP contribution >= 0.6 is 34.7 Å². The van der Waals surface area contributed by atoms with Gasteiger partial charge in [-0.2, -0.15) is 5.26 Å². The lowest BCUT2D eigenvalue weighted by molar-refractivity contribution is -0.138. The highest BCUT2D eigenvalue weighted by Gasteiger charge is 2.35. The van der Waals surface area contributed by atoms with Crippen molar-refractivity contribution in [2.75, 3.05) is 6.61 Å². The number of nitrogens with zero attached hydrogens (tertiary/aromatic N) is 1. The minimum atomic E-state index is -0.419. The molecule has 0 bridgehead atoms. The zero-order valence-electron chi connectivity index (χ0n) is 15.5. The van der Waals surface area contributed by atoms with Gasteiger partial charge in [0.2, 0.25) is 0 Å². The monoisotopic (exact) mass is 430 g/mol. The molecule has 4 nitrogen and oxygen atoms in total. The van der Waals surface area contributed by atoms with Crippen LogP contribution in [0.4, 0.5) is 0 Å². The van der Waals surface area contributed by atoms with E-state index in [0.29, 0.717) is 21.9 Å². The summed E-state index contributed by atoms with van der Waals surface area (Å²) in [4.78, 5) is 13.6. The molecule has 0 unspecified atom stereocenters. The number of carbonyl (C=O) groups excluding carboxylic acids is 1. The maximum atomic E-state index is 12.6. The van der Waals surface area contributed by atoms with E-state index >= 15 is 0 Å². The molecule has 2 heterocycles. The molecule has 1 atom stereocenters. The van der Waals surface area contributed by atoms with Gasteiger partial charge in [-0.15, -0.1) is 23.1 Å². The van der Waals surface area contributed by atoms with Crippen LogP contribution in [0.25, 0.3) is 0 Å². The lowest BCUT2D eigenvalue weighted by Crippen LogP contribution is -2.28. The average Bonchev–Trinajstić information content (AvgIpc) is 3.21. The largest absolute Gasteiger partial charge is 0.463 e. The van der Waals surface area contributed by atoms with E-state index in [4.69, 9.17) is 16.3 Å². The van der Waals surface area contributed by atoms with Crippen molar-refractivity contribution in [1.82, 2.24) is 5.32 Å². The summed E-state index contributed by atoms with van der Waals surface area (Å²) in [6.07, 6.45) is 0. The number of ether oxygens (including phenoxy) is 1. The van der Waals surface area contributed by atoms with Crippen molar-refractivity contribution in [1.29, 1.82) is 5.26 Å². The quantitative estimate of drug-likeness (QED) is 0.605. The number of allylic oxidation sites excluding steroid dienone is 2. The van der Waals surface area contributed by atoms with Gasteiger partial charge in [0, 0.05) is 21.3 Å². The summed E-state index contributed by atoms with van der Waals surface area (Å²) in [5.74, 6) is -0.123. The first kappa shape index (κ1) is 20.5. The van der Waals surface area contributed by atoms with Gasteiger partial charge in [-0.05, 0) is 43.0 Å². The molecule has 0 fully saturated rings. The minimum absolute atomic E-state index is 0.288. The summed E-state index contributed by atoms with van der Waals surface area (Å²) < 4.78 is 5.27. The van der Waals surface area contributed by atoms with Crippen LogP contribution in [0, 0.1) is 11.3 Å². The summed E-state index contributed by atoms with van der Waals surface area (Å²) in [6.45, 7) is 3.92. The number of halogens is 1. The molecule has 0 saturated heterocycles. The predicted molar refractivity (Wildman–Crippen MR) is 115 cm³/mol. The fourth-order valence-corrected chi connectivity index (χ4v) is 5.00. The van der Waals surface area contributed by atoms with Crippen molar-refractivity contribution >= 4 is 40.7 Å². The maximum Gasteiger partial charge on any atom is 0.336 e. The molecule has 0 amide bonds. The van der Waals surface area contributed by atoms with Crippen LogP contribution in [0.2, 0.25) is 5.02 Å². The number of esters is 1. The fraction of sp³-hybridized carbons (Fsp3) is 0.238. The summed E-state index contributed by atoms with van der Waals surface area (Å²) in [5.41, 5.74) is 2.85. The number of benzene rings is 1. The Morgan fingerprint density at radius 3 is 2.71 bits per heavy atom. The van der Waals surface area contributed by atoms with Crippen molar-refractivity contribution < 1.29 is 9.53 Å². The van der Waals surface area contributed by atoms with Crippen LogP contribution in [0.1, 0.15) is 30.2 Å². The third kappa shape index (κ3) is 4.44. The third-order valence-electron chi connectivity index (χ3n) is 4.27. The molecule has 0 saturated carbocycles. The van der Waals surface area contributed by atoms with Gasteiger partial charge in [0.05, 0.1) is 34.8 Å². The van der Waals surface area contributed by atoms with Crippen molar-refractivity contribution in [3.8, 4) is 6.07 Å². The summed E-state index contributed by atoms with van der Waals surface area (Å²) in [6, 6.07) is 13.8. The summed E-state index contributed by atoms with van der Waals surface area (Å²) >= 11 is 9.02. The molecule has 28 heavy (non-hydrogen) atoms. The van der Waals surface area contributed by atoms with Gasteiger partial charge in [-0.25, -0.2) is 4.79 Å². The first-order chi connectivity index (χ1) is 13.5. The Morgan fingerprint density at radius 1 is 1.36 bits per heavy atom. The van der Waals surface area contributed by atoms with Gasteiger partial charge >= 0.3 is 5.97 Å². The second-order valence-corrected chi connectivity index (χ2v) is 8.50. The molecule has 1 aliphatic heterocycles. The van der Waals surface area contributed by atoms with Crippen molar-refractivity contribution in [2.24, 2.45) is 0 Å². The molecule has 144 valence electrons. The van der Waals surface area contributed by atoms with Gasteiger partial charge < -0.3 is 10.1 Å². The Bertz CT molecular complexity index is 957. The lowest BCUT2D eigenvalue weighted by atomic mass is 9.87. The lowest BCUT2D eigenvalue weighted by Gasteiger charge is -2.28. The zero-order chi connectivity index (χ0) is 20.1. The minimum Gasteiger partial charge on any atom is -0.463 e. The van der Waals surface area contributed by atoms with Crippen molar-refractivity contribution in [3.05, 3.63) is 79.1 Å². The first-order valence-electron chi connectivity index (χ1n) is 8.75. The Kier molecular flexibility index (Phi) is 6.84. The van der Waals surface area contributed by atoms with E-state index in [-0.39, 0.29) is 12.6 Å². The third-order valence-corrected chi connectivity index (χ3v) is 6.54. The number of carbonyl (C=O) groups is 1. The number of dihydropyridines is 1. The Balaban J connectivity index is 1.95. The fourth-order valence-electron chi connectivity index (χ4n) is 2.98. The number of nitrogens with one attached hydrogen (secondary N) is 1. The van der Waals surface area contributed by atoms with Gasteiger partial charge in [0.15, 0.2) is 0 Å². The molecule has 0 spiro atoms. The molecule has 0 radical (unpaired) electrons. The highest BCUT2D eigenvalue weighted by molar-refractivity contribution is 8.02. The molecule has 1 aromatic heterocycles. The van der Waals surface area contributed by atoms with Crippen LogP contribution < -0.4 is 5.32 Å². The van der Waals surface area contributed by atoms with E-state index in [2.05, 4.69) is 11.4 Å². The van der Waals surface area contributed by atoms with Gasteiger partial charge in [0.25, 0.3) is 0 Å². The normalized spacial score (nSPS) is 16.6. The molecule has 1 N–H and O–H groups in total. The number of hydrogen-bond donors (Lipinski definition) is 1. The van der Waals surface area contributed by atoms with E-state index in [9.17, 15) is 10.1 Å². The van der Waals surface area contributed by atoms with Crippen molar-refractivity contribution in [3.63, 3.8) is 0 Å². The van der Waals surface area contributed by atoms with E-state index < -0.39 is 5.92 Å². The molecule has 7 heteroatoms. The Labute approximate surface area is 177 Å².